The van der Waals surface area contributed by atoms with Crippen molar-refractivity contribution in [2.24, 2.45) is 5.92 Å². The van der Waals surface area contributed by atoms with Crippen molar-refractivity contribution in [3.8, 4) is 0 Å². The van der Waals surface area contributed by atoms with E-state index in [1.807, 2.05) is 12.1 Å². The second-order valence-electron chi connectivity index (χ2n) is 4.07. The molecule has 1 saturated carbocycles. The summed E-state index contributed by atoms with van der Waals surface area (Å²) in [5, 5.41) is 0. The number of ether oxygens (including phenoxy) is 1. The first-order chi connectivity index (χ1) is 7.74. The Kier molecular flexibility index (Phi) is 3.25. The Bertz CT molecular complexity index is 391. The number of carbonyl (C=O) groups is 1. The van der Waals surface area contributed by atoms with Gasteiger partial charge in [-0.25, -0.2) is 4.79 Å². The van der Waals surface area contributed by atoms with Gasteiger partial charge in [0.05, 0.1) is 6.61 Å². The predicted octanol–water partition coefficient (Wildman–Crippen LogP) is 2.24. The fraction of sp³-hybridized carbons (Fsp3) is 0.308. The van der Waals surface area contributed by atoms with Crippen LogP contribution in [0.15, 0.2) is 30.3 Å². The van der Waals surface area contributed by atoms with Gasteiger partial charge in [0, 0.05) is 11.8 Å². The van der Waals surface area contributed by atoms with Crippen LogP contribution < -0.4 is 5.73 Å². The molecule has 3 heteroatoms. The van der Waals surface area contributed by atoms with Crippen LogP contribution in [-0.4, -0.2) is 12.6 Å². The molecule has 0 radical (unpaired) electrons. The van der Waals surface area contributed by atoms with Gasteiger partial charge in [0.2, 0.25) is 0 Å². The first kappa shape index (κ1) is 10.7. The Morgan fingerprint density at radius 3 is 2.69 bits per heavy atom. The lowest BCUT2D eigenvalue weighted by atomic mass is 10.2. The van der Waals surface area contributed by atoms with Crippen LogP contribution in [0.5, 0.6) is 0 Å². The van der Waals surface area contributed by atoms with Crippen molar-refractivity contribution in [2.45, 2.75) is 12.8 Å². The fourth-order valence-corrected chi connectivity index (χ4v) is 1.30. The van der Waals surface area contributed by atoms with E-state index in [0.717, 1.165) is 5.56 Å². The molecule has 1 aliphatic rings. The Morgan fingerprint density at radius 2 is 2.06 bits per heavy atom. The summed E-state index contributed by atoms with van der Waals surface area (Å²) in [6, 6.07) is 7.32. The van der Waals surface area contributed by atoms with Crippen molar-refractivity contribution < 1.29 is 9.53 Å². The number of benzene rings is 1. The maximum Gasteiger partial charge on any atom is 0.330 e. The van der Waals surface area contributed by atoms with E-state index in [1.165, 1.54) is 18.9 Å². The third-order valence-electron chi connectivity index (χ3n) is 2.51. The average Bonchev–Trinajstić information content (AvgIpc) is 3.09. The maximum atomic E-state index is 11.3. The fourth-order valence-electron chi connectivity index (χ4n) is 1.30. The Hall–Kier alpha value is -1.77. The minimum absolute atomic E-state index is 0.274. The molecule has 0 bridgehead atoms. The Labute approximate surface area is 94.9 Å². The van der Waals surface area contributed by atoms with Crippen molar-refractivity contribution >= 4 is 17.7 Å². The predicted molar refractivity (Wildman–Crippen MR) is 63.6 cm³/mol. The minimum Gasteiger partial charge on any atom is -0.462 e. The largest absolute Gasteiger partial charge is 0.462 e. The number of nitrogens with two attached hydrogens (primary N) is 1. The number of rotatable bonds is 4. The highest BCUT2D eigenvalue weighted by Crippen LogP contribution is 2.28. The monoisotopic (exact) mass is 217 g/mol. The lowest BCUT2D eigenvalue weighted by Crippen LogP contribution is -2.03. The summed E-state index contributed by atoms with van der Waals surface area (Å²) in [6.45, 7) is 0.560. The third-order valence-corrected chi connectivity index (χ3v) is 2.51. The van der Waals surface area contributed by atoms with Gasteiger partial charge in [-0.2, -0.15) is 0 Å². The van der Waals surface area contributed by atoms with Crippen molar-refractivity contribution in [3.63, 3.8) is 0 Å². The van der Waals surface area contributed by atoms with Crippen LogP contribution in [-0.2, 0) is 9.53 Å². The van der Waals surface area contributed by atoms with Crippen molar-refractivity contribution in [2.75, 3.05) is 12.3 Å². The molecule has 0 atom stereocenters. The van der Waals surface area contributed by atoms with E-state index in [9.17, 15) is 4.79 Å². The van der Waals surface area contributed by atoms with Gasteiger partial charge in [-0.1, -0.05) is 12.1 Å². The van der Waals surface area contributed by atoms with Crippen LogP contribution in [0, 0.1) is 5.92 Å². The summed E-state index contributed by atoms with van der Waals surface area (Å²) in [4.78, 5) is 11.3. The summed E-state index contributed by atoms with van der Waals surface area (Å²) >= 11 is 0. The molecule has 2 rings (SSSR count). The van der Waals surface area contributed by atoms with Crippen LogP contribution in [0.4, 0.5) is 5.69 Å². The standard InChI is InChI=1S/C13H15NO2/c14-12-6-3-10(4-7-12)5-8-13(15)16-9-11-1-2-11/h3-8,11H,1-2,9,14H2/b8-5+. The average molecular weight is 217 g/mol. The van der Waals surface area contributed by atoms with Crippen LogP contribution in [0.3, 0.4) is 0 Å². The zero-order valence-electron chi connectivity index (χ0n) is 9.06. The lowest BCUT2D eigenvalue weighted by Gasteiger charge is -1.98. The number of hydrogen-bond donors (Lipinski definition) is 1. The Morgan fingerprint density at radius 1 is 1.38 bits per heavy atom. The normalized spacial score (nSPS) is 15.2. The molecule has 0 saturated heterocycles. The molecule has 0 heterocycles. The summed E-state index contributed by atoms with van der Waals surface area (Å²) in [5.74, 6) is 0.331. The smallest absolute Gasteiger partial charge is 0.330 e. The molecular weight excluding hydrogens is 202 g/mol. The molecular formula is C13H15NO2. The number of nitrogen functional groups attached to an aromatic ring is 1. The van der Waals surface area contributed by atoms with E-state index in [1.54, 1.807) is 18.2 Å². The molecule has 84 valence electrons. The molecule has 3 nitrogen and oxygen atoms in total. The molecule has 0 spiro atoms. The third kappa shape index (κ3) is 3.42. The van der Waals surface area contributed by atoms with E-state index in [0.29, 0.717) is 18.2 Å². The van der Waals surface area contributed by atoms with Gasteiger partial charge in [0.1, 0.15) is 0 Å². The second kappa shape index (κ2) is 4.84. The van der Waals surface area contributed by atoms with Gasteiger partial charge < -0.3 is 10.5 Å². The number of carbonyl (C=O) groups excluding carboxylic acids is 1. The summed E-state index contributed by atoms with van der Waals surface area (Å²) in [5.41, 5.74) is 7.21. The van der Waals surface area contributed by atoms with Gasteiger partial charge in [-0.15, -0.1) is 0 Å². The van der Waals surface area contributed by atoms with Crippen molar-refractivity contribution in [3.05, 3.63) is 35.9 Å². The number of anilines is 1. The first-order valence-electron chi connectivity index (χ1n) is 5.44. The molecule has 16 heavy (non-hydrogen) atoms. The molecule has 1 aromatic rings. The number of hydrogen-bond acceptors (Lipinski definition) is 3. The lowest BCUT2D eigenvalue weighted by molar-refractivity contribution is -0.138. The molecule has 1 fully saturated rings. The van der Waals surface area contributed by atoms with Crippen LogP contribution in [0.1, 0.15) is 18.4 Å². The molecule has 0 aromatic heterocycles. The molecule has 0 unspecified atom stereocenters. The quantitative estimate of drug-likeness (QED) is 0.478. The topological polar surface area (TPSA) is 52.3 Å². The molecule has 0 amide bonds. The highest BCUT2D eigenvalue weighted by molar-refractivity contribution is 5.87. The highest BCUT2D eigenvalue weighted by Gasteiger charge is 2.22. The van der Waals surface area contributed by atoms with Crippen LogP contribution in [0.25, 0.3) is 6.08 Å². The SMILES string of the molecule is Nc1ccc(/C=C/C(=O)OCC2CC2)cc1. The Balaban J connectivity index is 1.82. The summed E-state index contributed by atoms with van der Waals surface area (Å²) in [6.07, 6.45) is 5.56. The van der Waals surface area contributed by atoms with E-state index < -0.39 is 0 Å². The van der Waals surface area contributed by atoms with Gasteiger partial charge in [0.15, 0.2) is 0 Å². The van der Waals surface area contributed by atoms with E-state index in [2.05, 4.69) is 0 Å². The molecule has 0 aliphatic heterocycles. The molecule has 1 aromatic carbocycles. The zero-order valence-corrected chi connectivity index (χ0v) is 9.06. The minimum atomic E-state index is -0.274. The highest BCUT2D eigenvalue weighted by atomic mass is 16.5. The zero-order chi connectivity index (χ0) is 11.4. The van der Waals surface area contributed by atoms with E-state index in [4.69, 9.17) is 10.5 Å². The second-order valence-corrected chi connectivity index (χ2v) is 4.07. The molecule has 2 N–H and O–H groups in total. The van der Waals surface area contributed by atoms with Crippen LogP contribution >= 0.6 is 0 Å². The van der Waals surface area contributed by atoms with Gasteiger partial charge >= 0.3 is 5.97 Å². The number of esters is 1. The van der Waals surface area contributed by atoms with Gasteiger partial charge in [0.25, 0.3) is 0 Å². The van der Waals surface area contributed by atoms with E-state index >= 15 is 0 Å². The van der Waals surface area contributed by atoms with Gasteiger partial charge in [-0.05, 0) is 42.5 Å². The summed E-state index contributed by atoms with van der Waals surface area (Å²) in [7, 11) is 0. The molecule has 1 aliphatic carbocycles. The van der Waals surface area contributed by atoms with Gasteiger partial charge in [-0.3, -0.25) is 0 Å². The van der Waals surface area contributed by atoms with E-state index in [-0.39, 0.29) is 5.97 Å². The summed E-state index contributed by atoms with van der Waals surface area (Å²) < 4.78 is 5.06. The maximum absolute atomic E-state index is 11.3. The first-order valence-corrected chi connectivity index (χ1v) is 5.44. The van der Waals surface area contributed by atoms with Crippen molar-refractivity contribution in [1.82, 2.24) is 0 Å². The van der Waals surface area contributed by atoms with Crippen LogP contribution in [0.2, 0.25) is 0 Å². The van der Waals surface area contributed by atoms with Crippen molar-refractivity contribution in [1.29, 1.82) is 0 Å².